The van der Waals surface area contributed by atoms with E-state index in [1.807, 2.05) is 62.4 Å². The molecule has 30 heavy (non-hydrogen) atoms. The zero-order valence-electron chi connectivity index (χ0n) is 18.1. The predicted octanol–water partition coefficient (Wildman–Crippen LogP) is 3.73. The molecule has 6 heteroatoms. The van der Waals surface area contributed by atoms with E-state index >= 15 is 0 Å². The number of unbranched alkanes of at least 4 members (excludes halogenated alkanes) is 1. The summed E-state index contributed by atoms with van der Waals surface area (Å²) < 4.78 is 11.4. The van der Waals surface area contributed by atoms with Gasteiger partial charge in [-0.05, 0) is 55.7 Å². The third kappa shape index (κ3) is 6.21. The summed E-state index contributed by atoms with van der Waals surface area (Å²) in [5, 5.41) is 3.06. The van der Waals surface area contributed by atoms with Crippen molar-refractivity contribution in [2.75, 3.05) is 13.2 Å². The summed E-state index contributed by atoms with van der Waals surface area (Å²) in [6.45, 7) is 7.96. The lowest BCUT2D eigenvalue weighted by Gasteiger charge is -2.19. The summed E-state index contributed by atoms with van der Waals surface area (Å²) in [5.41, 5.74) is 8.47. The van der Waals surface area contributed by atoms with Crippen LogP contribution in [0.15, 0.2) is 48.5 Å². The van der Waals surface area contributed by atoms with Crippen LogP contribution in [0.25, 0.3) is 0 Å². The molecule has 0 bridgehead atoms. The fraction of sp³-hybridized carbons (Fsp3) is 0.458. The lowest BCUT2D eigenvalue weighted by atomic mass is 9.94. The molecule has 2 atom stereocenters. The lowest BCUT2D eigenvalue weighted by molar-refractivity contribution is -0.125. The summed E-state index contributed by atoms with van der Waals surface area (Å²) in [6, 6.07) is 15.8. The van der Waals surface area contributed by atoms with Crippen molar-refractivity contribution in [3.8, 4) is 11.5 Å². The van der Waals surface area contributed by atoms with E-state index in [2.05, 4.69) is 23.1 Å². The van der Waals surface area contributed by atoms with Crippen LogP contribution < -0.4 is 25.6 Å². The first kappa shape index (κ1) is 22.1. The first-order valence-electron chi connectivity index (χ1n) is 10.8. The maximum atomic E-state index is 12.8. The Morgan fingerprint density at radius 1 is 1.10 bits per heavy atom. The summed E-state index contributed by atoms with van der Waals surface area (Å²) in [4.78, 5) is 12.8. The quantitative estimate of drug-likeness (QED) is 0.520. The van der Waals surface area contributed by atoms with E-state index in [1.165, 1.54) is 0 Å². The average molecular weight is 412 g/mol. The molecule has 1 heterocycles. The minimum Gasteiger partial charge on any atom is -0.494 e. The molecule has 1 saturated heterocycles. The van der Waals surface area contributed by atoms with Crippen LogP contribution in [-0.2, 0) is 11.3 Å². The number of nitrogens with one attached hydrogen (secondary N) is 3. The van der Waals surface area contributed by atoms with Crippen molar-refractivity contribution in [3.05, 3.63) is 59.7 Å². The van der Waals surface area contributed by atoms with Crippen LogP contribution in [0, 0.1) is 5.92 Å². The van der Waals surface area contributed by atoms with E-state index in [0.717, 1.165) is 42.1 Å². The van der Waals surface area contributed by atoms with Crippen LogP contribution in [0.3, 0.4) is 0 Å². The smallest absolute Gasteiger partial charge is 0.226 e. The van der Waals surface area contributed by atoms with E-state index in [1.54, 1.807) is 0 Å². The van der Waals surface area contributed by atoms with Gasteiger partial charge in [0.1, 0.15) is 11.5 Å². The highest BCUT2D eigenvalue weighted by Gasteiger charge is 2.33. The molecule has 3 N–H and O–H groups in total. The second-order valence-electron chi connectivity index (χ2n) is 7.91. The molecular formula is C24H33N3O3. The van der Waals surface area contributed by atoms with Crippen molar-refractivity contribution >= 4 is 5.91 Å². The minimum absolute atomic E-state index is 0.0308. The predicted molar refractivity (Wildman–Crippen MR) is 118 cm³/mol. The number of carbonyl (C=O) groups excluding carboxylic acids is 1. The highest BCUT2D eigenvalue weighted by atomic mass is 16.5. The molecule has 1 fully saturated rings. The van der Waals surface area contributed by atoms with Gasteiger partial charge in [0.15, 0.2) is 0 Å². The number of carbonyl (C=O) groups is 1. The van der Waals surface area contributed by atoms with E-state index in [4.69, 9.17) is 9.47 Å². The van der Waals surface area contributed by atoms with Gasteiger partial charge in [0.2, 0.25) is 5.91 Å². The molecule has 0 saturated carbocycles. The van der Waals surface area contributed by atoms with Crippen LogP contribution in [0.1, 0.15) is 50.8 Å². The Balaban J connectivity index is 1.53. The van der Waals surface area contributed by atoms with Crippen molar-refractivity contribution in [2.24, 2.45) is 5.92 Å². The largest absolute Gasteiger partial charge is 0.494 e. The molecular weight excluding hydrogens is 378 g/mol. The Hall–Kier alpha value is -2.57. The number of benzene rings is 2. The van der Waals surface area contributed by atoms with E-state index in [-0.39, 0.29) is 24.0 Å². The van der Waals surface area contributed by atoms with Crippen LogP contribution in [0.4, 0.5) is 0 Å². The molecule has 162 valence electrons. The second kappa shape index (κ2) is 11.0. The molecule has 1 aliphatic rings. The number of hydrogen-bond acceptors (Lipinski definition) is 5. The fourth-order valence-electron chi connectivity index (χ4n) is 3.44. The number of amides is 1. The average Bonchev–Trinajstić information content (AvgIpc) is 3.23. The van der Waals surface area contributed by atoms with Gasteiger partial charge >= 0.3 is 0 Å². The molecule has 0 aromatic heterocycles. The zero-order chi connectivity index (χ0) is 21.3. The van der Waals surface area contributed by atoms with Crippen LogP contribution in [-0.4, -0.2) is 25.2 Å². The summed E-state index contributed by atoms with van der Waals surface area (Å²) in [6.07, 6.45) is 2.31. The van der Waals surface area contributed by atoms with Gasteiger partial charge in [-0.15, -0.1) is 0 Å². The van der Waals surface area contributed by atoms with E-state index in [9.17, 15) is 4.79 Å². The molecule has 2 aromatic rings. The number of hydrogen-bond donors (Lipinski definition) is 3. The Bertz CT molecular complexity index is 790. The van der Waals surface area contributed by atoms with Crippen molar-refractivity contribution in [1.29, 1.82) is 0 Å². The molecule has 6 nitrogen and oxygen atoms in total. The van der Waals surface area contributed by atoms with Gasteiger partial charge in [0.05, 0.1) is 24.7 Å². The van der Waals surface area contributed by atoms with Gasteiger partial charge < -0.3 is 14.8 Å². The topological polar surface area (TPSA) is 71.6 Å². The van der Waals surface area contributed by atoms with Gasteiger partial charge in [0, 0.05) is 13.1 Å². The molecule has 2 unspecified atom stereocenters. The maximum absolute atomic E-state index is 12.8. The van der Waals surface area contributed by atoms with Gasteiger partial charge in [0.25, 0.3) is 0 Å². The Labute approximate surface area is 179 Å². The number of hydrazine groups is 1. The third-order valence-corrected chi connectivity index (χ3v) is 5.09. The van der Waals surface area contributed by atoms with Crippen LogP contribution in [0.2, 0.25) is 0 Å². The van der Waals surface area contributed by atoms with Crippen LogP contribution in [0.5, 0.6) is 11.5 Å². The van der Waals surface area contributed by atoms with Gasteiger partial charge in [-0.25, -0.2) is 5.43 Å². The molecule has 2 aromatic carbocycles. The molecule has 3 rings (SSSR count). The van der Waals surface area contributed by atoms with Crippen molar-refractivity contribution in [2.45, 2.75) is 52.3 Å². The summed E-state index contributed by atoms with van der Waals surface area (Å²) in [5.74, 6) is 1.55. The van der Waals surface area contributed by atoms with Crippen molar-refractivity contribution < 1.29 is 14.3 Å². The van der Waals surface area contributed by atoms with E-state index in [0.29, 0.717) is 13.1 Å². The molecule has 0 aliphatic carbocycles. The Morgan fingerprint density at radius 3 is 2.47 bits per heavy atom. The van der Waals surface area contributed by atoms with Gasteiger partial charge in [-0.1, -0.05) is 37.6 Å². The molecule has 0 radical (unpaired) electrons. The molecule has 1 amide bonds. The first-order chi connectivity index (χ1) is 14.6. The zero-order valence-corrected chi connectivity index (χ0v) is 18.1. The highest BCUT2D eigenvalue weighted by Crippen LogP contribution is 2.27. The summed E-state index contributed by atoms with van der Waals surface area (Å²) in [7, 11) is 0. The molecule has 1 aliphatic heterocycles. The Kier molecular flexibility index (Phi) is 8.11. The second-order valence-corrected chi connectivity index (χ2v) is 7.91. The Morgan fingerprint density at radius 2 is 1.80 bits per heavy atom. The summed E-state index contributed by atoms with van der Waals surface area (Å²) >= 11 is 0. The van der Waals surface area contributed by atoms with Gasteiger partial charge in [-0.3, -0.25) is 10.2 Å². The monoisotopic (exact) mass is 411 g/mol. The van der Waals surface area contributed by atoms with Crippen LogP contribution >= 0.6 is 0 Å². The number of ether oxygens (including phenoxy) is 2. The fourth-order valence-corrected chi connectivity index (χ4v) is 3.44. The lowest BCUT2D eigenvalue weighted by Crippen LogP contribution is -2.34. The van der Waals surface area contributed by atoms with Gasteiger partial charge in [-0.2, -0.15) is 0 Å². The number of rotatable bonds is 10. The highest BCUT2D eigenvalue weighted by molar-refractivity contribution is 5.80. The maximum Gasteiger partial charge on any atom is 0.226 e. The third-order valence-electron chi connectivity index (χ3n) is 5.09. The standard InChI is InChI=1S/C24H33N3O3/c1-4-5-14-29-20-12-8-19(9-13-20)23-22(16-26-27-23)24(28)25-15-18-6-10-21(11-7-18)30-17(2)3/h6-13,17,22-23,26-27H,4-5,14-16H2,1-3H3,(H,25,28). The normalized spacial score (nSPS) is 18.4. The van der Waals surface area contributed by atoms with E-state index < -0.39 is 0 Å². The van der Waals surface area contributed by atoms with Crippen molar-refractivity contribution in [3.63, 3.8) is 0 Å². The minimum atomic E-state index is -0.180. The SMILES string of the molecule is CCCCOc1ccc(C2NNCC2C(=O)NCc2ccc(OC(C)C)cc2)cc1. The first-order valence-corrected chi connectivity index (χ1v) is 10.8. The van der Waals surface area contributed by atoms with Crippen molar-refractivity contribution in [1.82, 2.24) is 16.2 Å². The molecule has 0 spiro atoms.